The first kappa shape index (κ1) is 22.3. The van der Waals surface area contributed by atoms with Crippen LogP contribution in [0.5, 0.6) is 0 Å². The van der Waals surface area contributed by atoms with Crippen LogP contribution in [-0.2, 0) is 0 Å². The summed E-state index contributed by atoms with van der Waals surface area (Å²) < 4.78 is 5.64. The van der Waals surface area contributed by atoms with E-state index in [0.29, 0.717) is 21.8 Å². The molecule has 1 heterocycles. The van der Waals surface area contributed by atoms with E-state index in [4.69, 9.17) is 16.0 Å². The number of hydrogen-bond acceptors (Lipinski definition) is 5. The van der Waals surface area contributed by atoms with Gasteiger partial charge in [-0.15, -0.1) is 0 Å². The van der Waals surface area contributed by atoms with E-state index in [2.05, 4.69) is 5.32 Å². The van der Waals surface area contributed by atoms with Crippen molar-refractivity contribution < 1.29 is 19.2 Å². The van der Waals surface area contributed by atoms with E-state index in [1.54, 1.807) is 61.5 Å². The van der Waals surface area contributed by atoms with Crippen molar-refractivity contribution in [1.29, 1.82) is 0 Å². The number of nitro benzene ring substituents is 1. The summed E-state index contributed by atoms with van der Waals surface area (Å²) in [5.74, 6) is -0.401. The zero-order chi connectivity index (χ0) is 23.5. The maximum absolute atomic E-state index is 12.9. The van der Waals surface area contributed by atoms with E-state index in [1.807, 2.05) is 6.07 Å². The number of furan rings is 1. The molecule has 4 rings (SSSR count). The summed E-state index contributed by atoms with van der Waals surface area (Å²) in [6.07, 6.45) is -1.01. The zero-order valence-electron chi connectivity index (χ0n) is 17.5. The molecule has 33 heavy (non-hydrogen) atoms. The van der Waals surface area contributed by atoms with Crippen molar-refractivity contribution in [2.75, 3.05) is 5.32 Å². The number of anilines is 1. The van der Waals surface area contributed by atoms with Gasteiger partial charge in [-0.05, 0) is 54.4 Å². The lowest BCUT2D eigenvalue weighted by molar-refractivity contribution is -0.384. The molecule has 0 saturated heterocycles. The number of benzene rings is 3. The number of hydrogen-bond donors (Lipinski definition) is 2. The Kier molecular flexibility index (Phi) is 6.26. The third-order valence-corrected chi connectivity index (χ3v) is 5.35. The number of amides is 1. The number of rotatable bonds is 6. The second-order valence-corrected chi connectivity index (χ2v) is 7.88. The Morgan fingerprint density at radius 2 is 1.82 bits per heavy atom. The fraction of sp³-hybridized carbons (Fsp3) is 0.0800. The first-order chi connectivity index (χ1) is 15.8. The van der Waals surface area contributed by atoms with Crippen molar-refractivity contribution in [3.63, 3.8) is 0 Å². The molecule has 3 aromatic carbocycles. The number of aliphatic hydroxyl groups excluding tert-OH is 1. The predicted octanol–water partition coefficient (Wildman–Crippen LogP) is 6.15. The second-order valence-electron chi connectivity index (χ2n) is 7.44. The van der Waals surface area contributed by atoms with Crippen LogP contribution >= 0.6 is 11.6 Å². The molecule has 0 aliphatic heterocycles. The predicted molar refractivity (Wildman–Crippen MR) is 125 cm³/mol. The molecule has 2 N–H and O–H groups in total. The van der Waals surface area contributed by atoms with Crippen molar-refractivity contribution in [2.45, 2.75) is 13.0 Å². The molecule has 0 unspecified atom stereocenters. The lowest BCUT2D eigenvalue weighted by Crippen LogP contribution is -2.14. The minimum atomic E-state index is -1.01. The molecule has 0 aliphatic rings. The maximum Gasteiger partial charge on any atom is 0.291 e. The molecular weight excluding hydrogens is 444 g/mol. The SMILES string of the molecule is Cc1ccc(-c2ccc(C(=O)Nc3ccc(Cl)cc3[C@@H](O)c3ccccc3)o2)c([N+](=O)[O-])c1. The molecule has 8 heteroatoms. The number of nitrogens with zero attached hydrogens (tertiary/aromatic N) is 1. The average Bonchev–Trinajstić information content (AvgIpc) is 3.30. The Morgan fingerprint density at radius 1 is 1.06 bits per heavy atom. The number of nitro groups is 1. The first-order valence-electron chi connectivity index (χ1n) is 10.0. The Bertz CT molecular complexity index is 1330. The van der Waals surface area contributed by atoms with Crippen molar-refractivity contribution >= 4 is 28.9 Å². The number of halogens is 1. The molecule has 0 radical (unpaired) electrons. The van der Waals surface area contributed by atoms with Crippen molar-refractivity contribution in [3.05, 3.63) is 116 Å². The van der Waals surface area contributed by atoms with Gasteiger partial charge >= 0.3 is 0 Å². The first-order valence-corrected chi connectivity index (χ1v) is 10.4. The summed E-state index contributed by atoms with van der Waals surface area (Å²) in [4.78, 5) is 23.8. The number of carbonyl (C=O) groups excluding carboxylic acids is 1. The van der Waals surface area contributed by atoms with Gasteiger partial charge < -0.3 is 14.8 Å². The number of carbonyl (C=O) groups is 1. The van der Waals surface area contributed by atoms with Crippen LogP contribution in [0.4, 0.5) is 11.4 Å². The Morgan fingerprint density at radius 3 is 2.55 bits per heavy atom. The van der Waals surface area contributed by atoms with Gasteiger partial charge in [-0.2, -0.15) is 0 Å². The van der Waals surface area contributed by atoms with E-state index in [-0.39, 0.29) is 22.8 Å². The maximum atomic E-state index is 12.9. The highest BCUT2D eigenvalue weighted by Gasteiger charge is 2.22. The molecule has 0 saturated carbocycles. The van der Waals surface area contributed by atoms with Crippen LogP contribution in [0.3, 0.4) is 0 Å². The lowest BCUT2D eigenvalue weighted by atomic mass is 10.00. The van der Waals surface area contributed by atoms with Gasteiger partial charge in [0, 0.05) is 22.3 Å². The van der Waals surface area contributed by atoms with E-state index in [9.17, 15) is 20.0 Å². The third-order valence-electron chi connectivity index (χ3n) is 5.12. The molecule has 4 aromatic rings. The molecular formula is C25H19ClN2O5. The van der Waals surface area contributed by atoms with Crippen LogP contribution in [0, 0.1) is 17.0 Å². The second kappa shape index (κ2) is 9.28. The van der Waals surface area contributed by atoms with E-state index < -0.39 is 16.9 Å². The van der Waals surface area contributed by atoms with Gasteiger partial charge in [0.05, 0.1) is 10.5 Å². The minimum absolute atomic E-state index is 0.0324. The van der Waals surface area contributed by atoms with Gasteiger partial charge in [0.25, 0.3) is 11.6 Å². The molecule has 0 fully saturated rings. The quantitative estimate of drug-likeness (QED) is 0.264. The molecule has 7 nitrogen and oxygen atoms in total. The fourth-order valence-electron chi connectivity index (χ4n) is 3.48. The summed E-state index contributed by atoms with van der Waals surface area (Å²) in [7, 11) is 0. The normalized spacial score (nSPS) is 11.7. The van der Waals surface area contributed by atoms with Crippen LogP contribution in [0.25, 0.3) is 11.3 Å². The fourth-order valence-corrected chi connectivity index (χ4v) is 3.66. The molecule has 166 valence electrons. The molecule has 0 aliphatic carbocycles. The Hall–Kier alpha value is -3.94. The van der Waals surface area contributed by atoms with Crippen LogP contribution in [0.1, 0.15) is 33.3 Å². The average molecular weight is 463 g/mol. The van der Waals surface area contributed by atoms with Crippen LogP contribution in [0.2, 0.25) is 5.02 Å². The molecule has 0 spiro atoms. The highest BCUT2D eigenvalue weighted by molar-refractivity contribution is 6.30. The van der Waals surface area contributed by atoms with E-state index in [0.717, 1.165) is 5.56 Å². The molecule has 1 amide bonds. The lowest BCUT2D eigenvalue weighted by Gasteiger charge is -2.17. The summed E-state index contributed by atoms with van der Waals surface area (Å²) >= 11 is 6.13. The minimum Gasteiger partial charge on any atom is -0.451 e. The van der Waals surface area contributed by atoms with Gasteiger partial charge in [-0.3, -0.25) is 14.9 Å². The van der Waals surface area contributed by atoms with Crippen molar-refractivity contribution in [1.82, 2.24) is 0 Å². The standard InChI is InChI=1S/C25H19ClN2O5/c1-15-7-9-18(21(13-15)28(31)32)22-11-12-23(33-22)25(30)27-20-10-8-17(26)14-19(20)24(29)16-5-3-2-4-6-16/h2-14,24,29H,1H3,(H,27,30)/t24-/m0/s1. The van der Waals surface area contributed by atoms with Crippen molar-refractivity contribution in [3.8, 4) is 11.3 Å². The molecule has 0 bridgehead atoms. The summed E-state index contributed by atoms with van der Waals surface area (Å²) in [6.45, 7) is 1.76. The Labute approximate surface area is 194 Å². The highest BCUT2D eigenvalue weighted by Crippen LogP contribution is 2.34. The van der Waals surface area contributed by atoms with Gasteiger partial charge in [0.2, 0.25) is 0 Å². The van der Waals surface area contributed by atoms with Gasteiger partial charge in [-0.25, -0.2) is 0 Å². The van der Waals surface area contributed by atoms with Gasteiger partial charge in [0.15, 0.2) is 5.76 Å². The monoisotopic (exact) mass is 462 g/mol. The van der Waals surface area contributed by atoms with Gasteiger partial charge in [-0.1, -0.05) is 48.0 Å². The summed E-state index contributed by atoms with van der Waals surface area (Å²) in [5.41, 5.74) is 2.33. The van der Waals surface area contributed by atoms with Crippen LogP contribution < -0.4 is 5.32 Å². The third kappa shape index (κ3) is 4.79. The Balaban J connectivity index is 1.62. The van der Waals surface area contributed by atoms with Crippen molar-refractivity contribution in [2.24, 2.45) is 0 Å². The number of nitrogens with one attached hydrogen (secondary N) is 1. The van der Waals surface area contributed by atoms with E-state index in [1.165, 1.54) is 18.2 Å². The summed E-state index contributed by atoms with van der Waals surface area (Å²) in [6, 6.07) is 21.5. The molecule has 1 aromatic heterocycles. The smallest absolute Gasteiger partial charge is 0.291 e. The molecule has 1 atom stereocenters. The largest absolute Gasteiger partial charge is 0.451 e. The number of aryl methyl sites for hydroxylation is 1. The highest BCUT2D eigenvalue weighted by atomic mass is 35.5. The zero-order valence-corrected chi connectivity index (χ0v) is 18.2. The van der Waals surface area contributed by atoms with Gasteiger partial charge in [0.1, 0.15) is 11.9 Å². The summed E-state index contributed by atoms with van der Waals surface area (Å²) in [5, 5.41) is 25.4. The van der Waals surface area contributed by atoms with Crippen LogP contribution in [0.15, 0.2) is 83.3 Å². The van der Waals surface area contributed by atoms with Crippen LogP contribution in [-0.4, -0.2) is 15.9 Å². The number of aliphatic hydroxyl groups is 1. The van der Waals surface area contributed by atoms with E-state index >= 15 is 0 Å². The topological polar surface area (TPSA) is 106 Å².